The highest BCUT2D eigenvalue weighted by Crippen LogP contribution is 2.39. The monoisotopic (exact) mass is 1800 g/mol. The predicted octanol–water partition coefficient (Wildman–Crippen LogP) is 22.0. The van der Waals surface area contributed by atoms with E-state index >= 15 is 0 Å². The minimum atomic E-state index is -2.71. The van der Waals surface area contributed by atoms with Crippen molar-refractivity contribution in [3.8, 4) is 0 Å². The molecule has 20 heteroatoms. The van der Waals surface area contributed by atoms with Crippen LogP contribution in [0.1, 0.15) is 362 Å². The van der Waals surface area contributed by atoms with Gasteiger partial charge >= 0.3 is 0 Å². The standard InChI is InChI=1S/C16H30N2O2.C11H21Br.C11H22N2O.C10H20S.C9H19NO2S.C9H18O2S.2C9H18O.C8H18O.C6H14O/c1-16(2,3)12-14-4-6-18(7-5-14)15(19)13-17-8-10-20-11-9-17;1-11(2,3)8-9-4-6-10(12)7-5-9;1-11(2,3)8-13-5-4-9(7-12)6-10(13)14;1-10(2,3)8-9-4-6-11-7-5-9;1-9(2,3)8-10-4-6-13(11,12)7-5-10;1-8(2)7-9-3-5-12(10,11)6-4-9;1-9(2,3)6-7-4-8(10)5-7;1-8(2)7-9-3-5-10-6-4-9;1-7(2,3)6-8(4,5)9;1-6(2,3)4-5-7/h14H,4-13H2,1-3H3;9-10H,4-8H2,1-3H3;9H,4-8,12H2,1-3H3;9H,4-8H2,1-3H3;4-8H2,1-3H3;8-9H,3-7H2,1-2H3;7-8,10H,4-6H2,1-3H3;8-9H,3-7H2,1-2H3;9H,6H2,1-5H3;7H,4-5H2,1-3H3. The first-order valence-corrected chi connectivity index (χ1v) is 52.9. The zero-order valence-corrected chi connectivity index (χ0v) is 87.0. The highest BCUT2D eigenvalue weighted by Gasteiger charge is 2.34. The number of hydrogen-bond donors (Lipinski definition) is 4. The summed E-state index contributed by atoms with van der Waals surface area (Å²) >= 11 is 5.82. The summed E-state index contributed by atoms with van der Waals surface area (Å²) < 4.78 is 55.0. The van der Waals surface area contributed by atoms with E-state index in [9.17, 15) is 31.5 Å². The second kappa shape index (κ2) is 56.6. The van der Waals surface area contributed by atoms with E-state index in [0.29, 0.717) is 113 Å². The fraction of sp³-hybridized carbons (Fsp3) is 0.980. The number of halogens is 1. The van der Waals surface area contributed by atoms with Gasteiger partial charge in [0, 0.05) is 90.0 Å². The first-order chi connectivity index (χ1) is 53.7. The Labute approximate surface area is 745 Å². The Bertz CT molecular complexity index is 2760. The molecule has 1 unspecified atom stereocenters. The van der Waals surface area contributed by atoms with Crippen molar-refractivity contribution < 1.29 is 51.2 Å². The van der Waals surface area contributed by atoms with Crippen LogP contribution in [-0.4, -0.2) is 220 Å². The first-order valence-electron chi connectivity index (χ1n) is 47.2. The molecule has 0 bridgehead atoms. The van der Waals surface area contributed by atoms with Crippen LogP contribution in [0.25, 0.3) is 0 Å². The molecule has 118 heavy (non-hydrogen) atoms. The Morgan fingerprint density at radius 1 is 0.466 bits per heavy atom. The smallest absolute Gasteiger partial charge is 0.236 e. The lowest BCUT2D eigenvalue weighted by molar-refractivity contribution is -0.136. The number of hydrogen-bond acceptors (Lipinski definition) is 15. The lowest BCUT2D eigenvalue weighted by Crippen LogP contribution is -2.47. The molecule has 0 aromatic rings. The molecule has 0 radical (unpaired) electrons. The van der Waals surface area contributed by atoms with Crippen LogP contribution in [0, 0.1) is 96.6 Å². The topological polar surface area (TPSA) is 221 Å². The van der Waals surface area contributed by atoms with Crippen LogP contribution < -0.4 is 5.73 Å². The summed E-state index contributed by atoms with van der Waals surface area (Å²) in [6, 6.07) is 0. The average Bonchev–Trinajstić information content (AvgIpc) is 0.853. The number of morpholine rings is 1. The number of alkyl halides is 1. The number of thioether (sulfide) groups is 1. The van der Waals surface area contributed by atoms with Gasteiger partial charge < -0.3 is 45.2 Å². The molecule has 2 aliphatic carbocycles. The third-order valence-electron chi connectivity index (χ3n) is 22.6. The van der Waals surface area contributed by atoms with Crippen LogP contribution in [0.4, 0.5) is 0 Å². The zero-order valence-electron chi connectivity index (χ0n) is 83.0. The fourth-order valence-corrected chi connectivity index (χ4v) is 22.2. The van der Waals surface area contributed by atoms with Gasteiger partial charge in [0.2, 0.25) is 11.8 Å². The highest BCUT2D eigenvalue weighted by atomic mass is 79.9. The van der Waals surface area contributed by atoms with Crippen LogP contribution >= 0.6 is 27.7 Å². The lowest BCUT2D eigenvalue weighted by Gasteiger charge is -2.36. The Hall–Kier alpha value is -0.650. The van der Waals surface area contributed by atoms with Crippen molar-refractivity contribution in [3.63, 3.8) is 0 Å². The third-order valence-corrected chi connectivity index (χ3v) is 27.9. The van der Waals surface area contributed by atoms with E-state index in [1.54, 1.807) is 0 Å². The Kier molecular flexibility index (Phi) is 56.3. The third kappa shape index (κ3) is 70.4. The lowest BCUT2D eigenvalue weighted by atomic mass is 9.73. The van der Waals surface area contributed by atoms with E-state index in [1.807, 2.05) is 18.7 Å². The molecule has 7 aliphatic heterocycles. The number of likely N-dealkylation sites (tertiary alicyclic amines) is 2. The molecule has 5 N–H and O–H groups in total. The maximum atomic E-state index is 12.3. The van der Waals surface area contributed by atoms with Crippen LogP contribution in [0.5, 0.6) is 0 Å². The highest BCUT2D eigenvalue weighted by molar-refractivity contribution is 9.09. The number of piperidine rings is 2. The number of rotatable bonds is 15. The van der Waals surface area contributed by atoms with Gasteiger partial charge in [0.25, 0.3) is 0 Å². The number of aliphatic hydroxyl groups is 3. The predicted molar refractivity (Wildman–Crippen MR) is 514 cm³/mol. The van der Waals surface area contributed by atoms with Crippen LogP contribution in [0.2, 0.25) is 0 Å². The molecule has 9 aliphatic rings. The van der Waals surface area contributed by atoms with E-state index in [-0.39, 0.29) is 28.3 Å². The molecule has 1 atom stereocenters. The summed E-state index contributed by atoms with van der Waals surface area (Å²) in [6.45, 7) is 79.2. The Morgan fingerprint density at radius 3 is 1.22 bits per heavy atom. The van der Waals surface area contributed by atoms with E-state index in [1.165, 1.54) is 114 Å². The van der Waals surface area contributed by atoms with Gasteiger partial charge in [-0.05, 0) is 276 Å². The van der Waals surface area contributed by atoms with Gasteiger partial charge in [-0.25, -0.2) is 16.8 Å². The summed E-state index contributed by atoms with van der Waals surface area (Å²) in [5.41, 5.74) is 7.99. The minimum absolute atomic E-state index is 0.0207. The Morgan fingerprint density at radius 2 is 0.864 bits per heavy atom. The van der Waals surface area contributed by atoms with Crippen LogP contribution in [0.3, 0.4) is 0 Å². The van der Waals surface area contributed by atoms with Crippen molar-refractivity contribution >= 4 is 59.2 Å². The van der Waals surface area contributed by atoms with E-state index in [2.05, 4.69) is 236 Å². The largest absolute Gasteiger partial charge is 0.396 e. The molecule has 0 aromatic heterocycles. The molecule has 2 saturated carbocycles. The molecular formula is C98H198BrN5O11S3. The maximum Gasteiger partial charge on any atom is 0.236 e. The van der Waals surface area contributed by atoms with Crippen molar-refractivity contribution in [2.45, 2.75) is 378 Å². The quantitative estimate of drug-likeness (QED) is 0.112. The molecule has 0 aromatic carbocycles. The molecule has 0 spiro atoms. The van der Waals surface area contributed by atoms with Crippen LogP contribution in [0.15, 0.2) is 0 Å². The molecule has 7 heterocycles. The van der Waals surface area contributed by atoms with Crippen LogP contribution in [-0.2, 0) is 38.7 Å². The summed E-state index contributed by atoms with van der Waals surface area (Å²) in [5.74, 6) is 12.1. The van der Waals surface area contributed by atoms with Crippen molar-refractivity contribution in [2.24, 2.45) is 102 Å². The number of carbonyl (C=O) groups is 2. The summed E-state index contributed by atoms with van der Waals surface area (Å²) in [7, 11) is -5.36. The van der Waals surface area contributed by atoms with Crippen molar-refractivity contribution in [2.75, 3.05) is 140 Å². The SMILES string of the molecule is CC(C)(C)CC(C)(C)O.CC(C)(C)CC1CC(O)C1.CC(C)(C)CC1CCC(Br)CC1.CC(C)(C)CC1CCN(C(=O)CN2CCOCC2)CC1.CC(C)(C)CC1CCSCC1.CC(C)(C)CCO.CC(C)(C)CN1CCC(CN)CC1=O.CC(C)(C)CN1CCS(=O)(=O)CC1.CC(C)CC1CCOCC1.CC(C)CC1CCS(=O)(=O)CC1. The molecular weight excluding hydrogens is 1600 g/mol. The van der Waals surface area contributed by atoms with Crippen molar-refractivity contribution in [1.82, 2.24) is 19.6 Å². The molecule has 9 rings (SSSR count). The van der Waals surface area contributed by atoms with Gasteiger partial charge in [-0.2, -0.15) is 11.8 Å². The number of nitrogens with zero attached hydrogens (tertiary/aromatic N) is 4. The number of amides is 2. The van der Waals surface area contributed by atoms with Gasteiger partial charge in [0.05, 0.1) is 54.5 Å². The van der Waals surface area contributed by atoms with E-state index in [4.69, 9.17) is 25.4 Å². The second-order valence-corrected chi connectivity index (χ2v) is 55.5. The average molecular weight is 1800 g/mol. The molecule has 706 valence electrons. The Balaban J connectivity index is 0.00000130. The number of aliphatic hydroxyl groups excluding tert-OH is 2. The molecule has 16 nitrogen and oxygen atoms in total. The fourth-order valence-electron chi connectivity index (χ4n) is 17.6. The zero-order chi connectivity index (χ0) is 91.0. The van der Waals surface area contributed by atoms with Gasteiger partial charge in [-0.15, -0.1) is 0 Å². The van der Waals surface area contributed by atoms with Crippen molar-refractivity contribution in [1.29, 1.82) is 0 Å². The van der Waals surface area contributed by atoms with E-state index < -0.39 is 25.3 Å². The molecule has 7 saturated heterocycles. The molecule has 2 amide bonds. The number of carbonyl (C=O) groups excluding carboxylic acids is 2. The maximum absolute atomic E-state index is 12.3. The number of nitrogens with two attached hydrogens (primary N) is 1. The first kappa shape index (κ1) is 117. The van der Waals surface area contributed by atoms with E-state index in [0.717, 1.165) is 158 Å². The molecule has 9 fully saturated rings. The second-order valence-electron chi connectivity index (χ2n) is 48.4. The summed E-state index contributed by atoms with van der Waals surface area (Å²) in [6.07, 6.45) is 28.8. The van der Waals surface area contributed by atoms with Crippen molar-refractivity contribution in [3.05, 3.63) is 0 Å². The minimum Gasteiger partial charge on any atom is -0.396 e. The van der Waals surface area contributed by atoms with Gasteiger partial charge in [0.15, 0.2) is 9.84 Å². The van der Waals surface area contributed by atoms with Gasteiger partial charge in [-0.1, -0.05) is 210 Å². The van der Waals surface area contributed by atoms with Gasteiger partial charge in [0.1, 0.15) is 9.84 Å². The summed E-state index contributed by atoms with van der Waals surface area (Å²) in [4.78, 5) is 33.3. The number of ether oxygens (including phenoxy) is 2. The van der Waals surface area contributed by atoms with Gasteiger partial charge in [-0.3, -0.25) is 14.5 Å². The normalized spacial score (nSPS) is 23.8. The summed E-state index contributed by atoms with van der Waals surface area (Å²) in [5, 5.41) is 26.8. The number of sulfone groups is 2.